The molecule has 0 atom stereocenters. The largest absolute Gasteiger partial charge is 0.490 e. The van der Waals surface area contributed by atoms with Gasteiger partial charge in [0.1, 0.15) is 41.6 Å². The maximum absolute atomic E-state index is 13.1. The summed E-state index contributed by atoms with van der Waals surface area (Å²) in [6.07, 6.45) is -4.54. The molecule has 11 heteroatoms. The number of rotatable bonds is 9. The van der Waals surface area contributed by atoms with Crippen molar-refractivity contribution in [3.63, 3.8) is 0 Å². The van der Waals surface area contributed by atoms with E-state index in [1.54, 1.807) is 18.2 Å². The number of H-pyrrole nitrogens is 2. The number of halogens is 3. The van der Waals surface area contributed by atoms with Crippen molar-refractivity contribution >= 4 is 27.8 Å². The van der Waals surface area contributed by atoms with Gasteiger partial charge in [0.15, 0.2) is 0 Å². The number of piperazine rings is 1. The van der Waals surface area contributed by atoms with Gasteiger partial charge in [0.2, 0.25) is 5.82 Å². The van der Waals surface area contributed by atoms with Crippen molar-refractivity contribution in [3.8, 4) is 22.9 Å². The van der Waals surface area contributed by atoms with Gasteiger partial charge in [-0.3, -0.25) is 4.90 Å². The molecule has 3 heterocycles. The molecule has 8 nitrogen and oxygen atoms in total. The van der Waals surface area contributed by atoms with E-state index < -0.39 is 12.0 Å². The Balaban J connectivity index is 0.956. The molecule has 0 radical (unpaired) electrons. The van der Waals surface area contributed by atoms with Crippen LogP contribution in [0.4, 0.5) is 18.9 Å². The first-order valence-corrected chi connectivity index (χ1v) is 14.8. The van der Waals surface area contributed by atoms with Gasteiger partial charge < -0.3 is 24.3 Å². The average molecular weight is 613 g/mol. The number of aromatic nitrogens is 4. The molecule has 45 heavy (non-hydrogen) atoms. The number of alkyl halides is 3. The number of nitrogens with one attached hydrogen (secondary N) is 2. The summed E-state index contributed by atoms with van der Waals surface area (Å²) in [4.78, 5) is 19.1. The van der Waals surface area contributed by atoms with Crippen LogP contribution >= 0.6 is 0 Å². The van der Waals surface area contributed by atoms with E-state index in [9.17, 15) is 13.2 Å². The van der Waals surface area contributed by atoms with Crippen LogP contribution in [0.1, 0.15) is 11.4 Å². The molecule has 0 saturated carbocycles. The molecule has 4 aromatic carbocycles. The second-order valence-corrected chi connectivity index (χ2v) is 11.0. The Morgan fingerprint density at radius 3 is 2.20 bits per heavy atom. The lowest BCUT2D eigenvalue weighted by Crippen LogP contribution is -2.47. The predicted molar refractivity (Wildman–Crippen MR) is 168 cm³/mol. The van der Waals surface area contributed by atoms with Crippen LogP contribution in [0.15, 0.2) is 91.0 Å². The van der Waals surface area contributed by atoms with Crippen molar-refractivity contribution in [2.75, 3.05) is 44.2 Å². The van der Waals surface area contributed by atoms with Crippen LogP contribution in [0.2, 0.25) is 0 Å². The van der Waals surface area contributed by atoms with Gasteiger partial charge in [0, 0.05) is 38.3 Å². The fourth-order valence-electron chi connectivity index (χ4n) is 5.61. The molecule has 0 aliphatic carbocycles. The van der Waals surface area contributed by atoms with Crippen LogP contribution < -0.4 is 14.4 Å². The first kappa shape index (κ1) is 28.7. The summed E-state index contributed by atoms with van der Waals surface area (Å²) in [5.74, 6) is 0.924. The van der Waals surface area contributed by atoms with Crippen LogP contribution in [0.5, 0.6) is 11.5 Å². The summed E-state index contributed by atoms with van der Waals surface area (Å²) in [7, 11) is 0. The Bertz CT molecular complexity index is 1900. The van der Waals surface area contributed by atoms with Gasteiger partial charge in [-0.2, -0.15) is 13.2 Å². The highest BCUT2D eigenvalue weighted by molar-refractivity contribution is 5.91. The summed E-state index contributed by atoms with van der Waals surface area (Å²) in [5.41, 5.74) is 5.58. The third-order valence-corrected chi connectivity index (χ3v) is 7.99. The molecule has 0 bridgehead atoms. The number of para-hydroxylation sites is 2. The molecule has 0 unspecified atom stereocenters. The van der Waals surface area contributed by atoms with Crippen molar-refractivity contribution < 1.29 is 22.6 Å². The molecule has 1 aliphatic heterocycles. The number of fused-ring (bicyclic) bond motifs is 2. The van der Waals surface area contributed by atoms with E-state index in [4.69, 9.17) is 14.5 Å². The average Bonchev–Trinajstić information content (AvgIpc) is 3.71. The molecular formula is C34H31F3N6O2. The molecule has 0 amide bonds. The number of ether oxygens (including phenoxy) is 2. The molecule has 6 aromatic rings. The minimum atomic E-state index is -4.54. The zero-order chi connectivity index (χ0) is 30.8. The number of benzene rings is 4. The van der Waals surface area contributed by atoms with Gasteiger partial charge in [0.05, 0.1) is 16.7 Å². The van der Waals surface area contributed by atoms with E-state index >= 15 is 0 Å². The van der Waals surface area contributed by atoms with Crippen molar-refractivity contribution in [1.29, 1.82) is 0 Å². The van der Waals surface area contributed by atoms with E-state index in [-0.39, 0.29) is 5.52 Å². The second kappa shape index (κ2) is 12.2. The standard InChI is InChI=1S/C34H31F3N6O2/c35-34(36,37)33-39-27-9-5-11-29(31(27)41-33)44-21-20-42-16-18-43(19-17-42)28-10-4-8-26-30(28)40-32(38-26)24-12-14-25(15-13-24)45-22-23-6-2-1-3-7-23/h1-15H,16-22H2,(H,38,40)(H,39,41). The lowest BCUT2D eigenvalue weighted by molar-refractivity contribution is -0.144. The molecule has 0 spiro atoms. The van der Waals surface area contributed by atoms with Crippen LogP contribution in [0.25, 0.3) is 33.5 Å². The number of nitrogens with zero attached hydrogens (tertiary/aromatic N) is 4. The Hall–Kier alpha value is -5.03. The molecule has 2 N–H and O–H groups in total. The van der Waals surface area contributed by atoms with Crippen LogP contribution in [-0.2, 0) is 12.8 Å². The van der Waals surface area contributed by atoms with Gasteiger partial charge in [-0.1, -0.05) is 42.5 Å². The third kappa shape index (κ3) is 6.30. The van der Waals surface area contributed by atoms with Crippen molar-refractivity contribution in [1.82, 2.24) is 24.8 Å². The maximum atomic E-state index is 13.1. The highest BCUT2D eigenvalue weighted by Gasteiger charge is 2.35. The Labute approximate surface area is 257 Å². The highest BCUT2D eigenvalue weighted by Crippen LogP contribution is 2.32. The number of aromatic amines is 2. The molecule has 2 aromatic heterocycles. The minimum absolute atomic E-state index is 0.188. The first-order chi connectivity index (χ1) is 21.9. The third-order valence-electron chi connectivity index (χ3n) is 7.99. The number of hydrogen-bond acceptors (Lipinski definition) is 6. The second-order valence-electron chi connectivity index (χ2n) is 11.0. The summed E-state index contributed by atoms with van der Waals surface area (Å²) in [6, 6.07) is 29.1. The summed E-state index contributed by atoms with van der Waals surface area (Å²) in [6.45, 7) is 4.81. The summed E-state index contributed by atoms with van der Waals surface area (Å²) in [5, 5.41) is 0. The molecule has 1 saturated heterocycles. The minimum Gasteiger partial charge on any atom is -0.490 e. The van der Waals surface area contributed by atoms with E-state index in [2.05, 4.69) is 30.8 Å². The predicted octanol–water partition coefficient (Wildman–Crippen LogP) is 6.91. The summed E-state index contributed by atoms with van der Waals surface area (Å²) >= 11 is 0. The van der Waals surface area contributed by atoms with E-state index in [1.807, 2.05) is 66.7 Å². The number of anilines is 1. The fourth-order valence-corrected chi connectivity index (χ4v) is 5.61. The quantitative estimate of drug-likeness (QED) is 0.185. The fraction of sp³-hybridized carbons (Fsp3) is 0.235. The highest BCUT2D eigenvalue weighted by atomic mass is 19.4. The van der Waals surface area contributed by atoms with Gasteiger partial charge in [-0.15, -0.1) is 0 Å². The first-order valence-electron chi connectivity index (χ1n) is 14.8. The lowest BCUT2D eigenvalue weighted by atomic mass is 10.2. The molecular weight excluding hydrogens is 581 g/mol. The molecule has 1 fully saturated rings. The lowest BCUT2D eigenvalue weighted by Gasteiger charge is -2.36. The smallest absolute Gasteiger partial charge is 0.449 e. The normalized spacial score (nSPS) is 14.3. The molecule has 1 aliphatic rings. The summed E-state index contributed by atoms with van der Waals surface area (Å²) < 4.78 is 51.1. The van der Waals surface area contributed by atoms with E-state index in [1.165, 1.54) is 0 Å². The van der Waals surface area contributed by atoms with Crippen LogP contribution in [0, 0.1) is 0 Å². The zero-order valence-corrected chi connectivity index (χ0v) is 24.3. The maximum Gasteiger partial charge on any atom is 0.449 e. The van der Waals surface area contributed by atoms with Gasteiger partial charge in [-0.25, -0.2) is 9.97 Å². The molecule has 7 rings (SSSR count). The number of hydrogen-bond donors (Lipinski definition) is 2. The van der Waals surface area contributed by atoms with E-state index in [0.29, 0.717) is 31.0 Å². The number of imidazole rings is 2. The van der Waals surface area contributed by atoms with Crippen molar-refractivity contribution in [3.05, 3.63) is 102 Å². The Morgan fingerprint density at radius 1 is 0.711 bits per heavy atom. The zero-order valence-electron chi connectivity index (χ0n) is 24.3. The topological polar surface area (TPSA) is 82.3 Å². The van der Waals surface area contributed by atoms with Crippen molar-refractivity contribution in [2.24, 2.45) is 0 Å². The monoisotopic (exact) mass is 612 g/mol. The van der Waals surface area contributed by atoms with E-state index in [0.717, 1.165) is 65.6 Å². The Morgan fingerprint density at radius 2 is 1.44 bits per heavy atom. The van der Waals surface area contributed by atoms with Crippen LogP contribution in [-0.4, -0.2) is 64.2 Å². The van der Waals surface area contributed by atoms with Gasteiger partial charge in [-0.05, 0) is 54.1 Å². The molecule has 230 valence electrons. The SMILES string of the molecule is FC(F)(F)c1nc2c(OCCN3CCN(c4cccc5[nH]c(-c6ccc(OCc7ccccc7)cc6)nc45)CC3)cccc2[nH]1. The van der Waals surface area contributed by atoms with Crippen molar-refractivity contribution in [2.45, 2.75) is 12.8 Å². The van der Waals surface area contributed by atoms with Gasteiger partial charge >= 0.3 is 6.18 Å². The van der Waals surface area contributed by atoms with Crippen LogP contribution in [0.3, 0.4) is 0 Å². The Kier molecular flexibility index (Phi) is 7.76. The van der Waals surface area contributed by atoms with Gasteiger partial charge in [0.25, 0.3) is 0 Å².